The molecule has 1 fully saturated rings. The topological polar surface area (TPSA) is 95.3 Å². The third-order valence-corrected chi connectivity index (χ3v) is 7.13. The zero-order valence-electron chi connectivity index (χ0n) is 16.6. The standard InChI is InChI=1S/C19H26N4O4S/c1-19(2,28(25)15-9-11-27-12-10-15)17(24)21-18-20-16(22-23(18)3)13-5-7-14(26-4)8-6-13/h5-8,15H,9-12H2,1-4H3,(H,20,21,22,24). The van der Waals surface area contributed by atoms with E-state index in [0.29, 0.717) is 37.8 Å². The second-order valence-corrected chi connectivity index (χ2v) is 9.47. The van der Waals surface area contributed by atoms with Gasteiger partial charge in [0.2, 0.25) is 11.9 Å². The van der Waals surface area contributed by atoms with E-state index in [2.05, 4.69) is 15.4 Å². The largest absolute Gasteiger partial charge is 0.497 e. The van der Waals surface area contributed by atoms with Crippen molar-refractivity contribution in [1.29, 1.82) is 0 Å². The minimum atomic E-state index is -1.32. The van der Waals surface area contributed by atoms with Gasteiger partial charge in [0.05, 0.1) is 7.11 Å². The van der Waals surface area contributed by atoms with E-state index in [4.69, 9.17) is 9.47 Å². The molecule has 152 valence electrons. The van der Waals surface area contributed by atoms with Gasteiger partial charge in [-0.05, 0) is 51.0 Å². The number of rotatable bonds is 6. The zero-order chi connectivity index (χ0) is 20.3. The summed E-state index contributed by atoms with van der Waals surface area (Å²) < 4.78 is 23.9. The van der Waals surface area contributed by atoms with Crippen LogP contribution in [0, 0.1) is 0 Å². The molecule has 0 bridgehead atoms. The highest BCUT2D eigenvalue weighted by Crippen LogP contribution is 2.26. The van der Waals surface area contributed by atoms with Crippen LogP contribution in [0.1, 0.15) is 26.7 Å². The van der Waals surface area contributed by atoms with Crippen LogP contribution in [0.25, 0.3) is 11.4 Å². The lowest BCUT2D eigenvalue weighted by Crippen LogP contribution is -2.46. The molecule has 3 rings (SSSR count). The van der Waals surface area contributed by atoms with Crippen molar-refractivity contribution in [2.75, 3.05) is 25.6 Å². The van der Waals surface area contributed by atoms with Crippen LogP contribution >= 0.6 is 0 Å². The number of methoxy groups -OCH3 is 1. The molecule has 8 nitrogen and oxygen atoms in total. The van der Waals surface area contributed by atoms with Gasteiger partial charge in [-0.2, -0.15) is 4.98 Å². The lowest BCUT2D eigenvalue weighted by Gasteiger charge is -2.30. The van der Waals surface area contributed by atoms with Gasteiger partial charge >= 0.3 is 0 Å². The summed E-state index contributed by atoms with van der Waals surface area (Å²) in [7, 11) is 1.99. The number of hydrogen-bond acceptors (Lipinski definition) is 6. The third kappa shape index (κ3) is 4.25. The quantitative estimate of drug-likeness (QED) is 0.790. The molecule has 0 radical (unpaired) electrons. The maximum atomic E-state index is 13.0. The Morgan fingerprint density at radius 2 is 1.93 bits per heavy atom. The third-order valence-electron chi connectivity index (χ3n) is 4.86. The number of carbonyl (C=O) groups excluding carboxylic acids is 1. The molecule has 9 heteroatoms. The number of nitrogens with zero attached hydrogens (tertiary/aromatic N) is 3. The van der Waals surface area contributed by atoms with Gasteiger partial charge in [0, 0.05) is 41.9 Å². The van der Waals surface area contributed by atoms with Gasteiger partial charge in [-0.3, -0.25) is 14.3 Å². The van der Waals surface area contributed by atoms with Crippen molar-refractivity contribution in [2.24, 2.45) is 7.05 Å². The van der Waals surface area contributed by atoms with E-state index in [1.165, 1.54) is 4.68 Å². The Kier molecular flexibility index (Phi) is 6.14. The first kappa shape index (κ1) is 20.5. The molecule has 0 aliphatic carbocycles. The van der Waals surface area contributed by atoms with Crippen molar-refractivity contribution in [3.8, 4) is 17.1 Å². The highest BCUT2D eigenvalue weighted by Gasteiger charge is 2.39. The first-order valence-electron chi connectivity index (χ1n) is 9.18. The fraction of sp³-hybridized carbons (Fsp3) is 0.526. The average molecular weight is 407 g/mol. The molecule has 0 saturated carbocycles. The molecule has 1 aliphatic heterocycles. The number of aromatic nitrogens is 3. The molecule has 1 aromatic heterocycles. The predicted molar refractivity (Wildman–Crippen MR) is 108 cm³/mol. The molecule has 1 aliphatic rings. The summed E-state index contributed by atoms with van der Waals surface area (Å²) >= 11 is 0. The zero-order valence-corrected chi connectivity index (χ0v) is 17.4. The number of carbonyl (C=O) groups is 1. The summed E-state index contributed by atoms with van der Waals surface area (Å²) in [5, 5.41) is 7.11. The molecule has 2 heterocycles. The lowest BCUT2D eigenvalue weighted by molar-refractivity contribution is -0.117. The van der Waals surface area contributed by atoms with Crippen molar-refractivity contribution in [1.82, 2.24) is 14.8 Å². The SMILES string of the molecule is COc1ccc(-c2nc(NC(=O)C(C)(C)S(=O)C3CCOCC3)n(C)n2)cc1. The molecule has 1 amide bonds. The van der Waals surface area contributed by atoms with Crippen LogP contribution in [0.2, 0.25) is 0 Å². The monoisotopic (exact) mass is 406 g/mol. The van der Waals surface area contributed by atoms with Crippen molar-refractivity contribution < 1.29 is 18.5 Å². The van der Waals surface area contributed by atoms with E-state index >= 15 is 0 Å². The number of amides is 1. The number of ether oxygens (including phenoxy) is 2. The van der Waals surface area contributed by atoms with Gasteiger partial charge in [0.15, 0.2) is 5.82 Å². The fourth-order valence-electron chi connectivity index (χ4n) is 3.01. The van der Waals surface area contributed by atoms with Gasteiger partial charge < -0.3 is 9.47 Å². The van der Waals surface area contributed by atoms with Gasteiger partial charge in [-0.25, -0.2) is 4.68 Å². The molecule has 1 saturated heterocycles. The van der Waals surface area contributed by atoms with Crippen LogP contribution < -0.4 is 10.1 Å². The van der Waals surface area contributed by atoms with E-state index in [1.807, 2.05) is 24.3 Å². The summed E-state index contributed by atoms with van der Waals surface area (Å²) in [6.45, 7) is 4.58. The van der Waals surface area contributed by atoms with Crippen LogP contribution in [0.15, 0.2) is 24.3 Å². The maximum absolute atomic E-state index is 13.0. The molecular formula is C19H26N4O4S. The van der Waals surface area contributed by atoms with Crippen molar-refractivity contribution in [2.45, 2.75) is 36.7 Å². The van der Waals surface area contributed by atoms with E-state index in [-0.39, 0.29) is 11.2 Å². The Morgan fingerprint density at radius 3 is 2.54 bits per heavy atom. The molecule has 2 aromatic rings. The minimum Gasteiger partial charge on any atom is -0.497 e. The molecule has 1 atom stereocenters. The Morgan fingerprint density at radius 1 is 1.29 bits per heavy atom. The Labute approximate surface area is 167 Å². The summed E-state index contributed by atoms with van der Waals surface area (Å²) in [6.07, 6.45) is 1.41. The lowest BCUT2D eigenvalue weighted by atomic mass is 10.2. The summed E-state index contributed by atoms with van der Waals surface area (Å²) in [4.78, 5) is 17.3. The Hall–Kier alpha value is -2.26. The first-order chi connectivity index (χ1) is 13.3. The fourth-order valence-corrected chi connectivity index (χ4v) is 4.69. The normalized spacial score (nSPS) is 16.6. The highest BCUT2D eigenvalue weighted by atomic mass is 32.2. The Balaban J connectivity index is 1.74. The summed E-state index contributed by atoms with van der Waals surface area (Å²) in [5.74, 6) is 1.20. The van der Waals surface area contributed by atoms with Crippen LogP contribution in [-0.4, -0.2) is 55.2 Å². The van der Waals surface area contributed by atoms with Crippen molar-refractivity contribution in [3.05, 3.63) is 24.3 Å². The molecule has 28 heavy (non-hydrogen) atoms. The second kappa shape index (κ2) is 8.40. The highest BCUT2D eigenvalue weighted by molar-refractivity contribution is 7.87. The van der Waals surface area contributed by atoms with E-state index in [0.717, 1.165) is 11.3 Å². The number of hydrogen-bond donors (Lipinski definition) is 1. The number of aryl methyl sites for hydroxylation is 1. The van der Waals surface area contributed by atoms with Crippen molar-refractivity contribution in [3.63, 3.8) is 0 Å². The molecule has 1 N–H and O–H groups in total. The molecule has 0 spiro atoms. The maximum Gasteiger partial charge on any atom is 0.245 e. The van der Waals surface area contributed by atoms with Gasteiger partial charge in [-0.1, -0.05) is 0 Å². The molecule has 1 aromatic carbocycles. The van der Waals surface area contributed by atoms with Crippen LogP contribution in [0.5, 0.6) is 5.75 Å². The number of nitrogens with one attached hydrogen (secondary N) is 1. The van der Waals surface area contributed by atoms with Gasteiger partial charge in [0.1, 0.15) is 10.5 Å². The van der Waals surface area contributed by atoms with E-state index in [1.54, 1.807) is 28.0 Å². The van der Waals surface area contributed by atoms with Gasteiger partial charge in [0.25, 0.3) is 0 Å². The average Bonchev–Trinajstić information content (AvgIpc) is 3.08. The van der Waals surface area contributed by atoms with E-state index in [9.17, 15) is 9.00 Å². The number of anilines is 1. The molecular weight excluding hydrogens is 380 g/mol. The second-order valence-electron chi connectivity index (χ2n) is 7.18. The molecule has 1 unspecified atom stereocenters. The van der Waals surface area contributed by atoms with Crippen LogP contribution in [0.4, 0.5) is 5.95 Å². The predicted octanol–water partition coefficient (Wildman–Crippen LogP) is 2.14. The van der Waals surface area contributed by atoms with Crippen LogP contribution in [-0.2, 0) is 27.4 Å². The first-order valence-corrected chi connectivity index (χ1v) is 10.4. The summed E-state index contributed by atoms with van der Waals surface area (Å²) in [5.41, 5.74) is 0.807. The minimum absolute atomic E-state index is 0.0381. The van der Waals surface area contributed by atoms with Crippen molar-refractivity contribution >= 4 is 22.7 Å². The Bertz CT molecular complexity index is 857. The van der Waals surface area contributed by atoms with Gasteiger partial charge in [-0.15, -0.1) is 5.10 Å². The smallest absolute Gasteiger partial charge is 0.245 e. The summed E-state index contributed by atoms with van der Waals surface area (Å²) in [6, 6.07) is 7.35. The van der Waals surface area contributed by atoms with Crippen LogP contribution in [0.3, 0.4) is 0 Å². The number of benzene rings is 1. The van der Waals surface area contributed by atoms with E-state index < -0.39 is 15.5 Å².